The van der Waals surface area contributed by atoms with Crippen LogP contribution in [-0.4, -0.2) is 26.9 Å². The van der Waals surface area contributed by atoms with E-state index in [9.17, 15) is 4.79 Å². The van der Waals surface area contributed by atoms with Crippen LogP contribution in [0, 0.1) is 10.5 Å². The molecule has 6 nitrogen and oxygen atoms in total. The number of benzene rings is 1. The number of aromatic nitrogens is 3. The fraction of sp³-hybridized carbons (Fsp3) is 0.111. The van der Waals surface area contributed by atoms with Crippen LogP contribution >= 0.6 is 50.1 Å². The van der Waals surface area contributed by atoms with Gasteiger partial charge in [-0.05, 0) is 75.3 Å². The number of pyridine rings is 1. The third kappa shape index (κ3) is 3.41. The quantitative estimate of drug-likeness (QED) is 0.338. The van der Waals surface area contributed by atoms with Crippen molar-refractivity contribution in [1.29, 1.82) is 0 Å². The van der Waals surface area contributed by atoms with Gasteiger partial charge in [-0.15, -0.1) is 0 Å². The van der Waals surface area contributed by atoms with Crippen molar-refractivity contribution in [2.75, 3.05) is 0 Å². The highest BCUT2D eigenvalue weighted by molar-refractivity contribution is 14.1. The summed E-state index contributed by atoms with van der Waals surface area (Å²) in [5.74, 6) is 0.725. The van der Waals surface area contributed by atoms with Crippen LogP contribution in [0.5, 0.6) is 0 Å². The molecule has 0 saturated carbocycles. The summed E-state index contributed by atoms with van der Waals surface area (Å²) in [5, 5.41) is 4.83. The summed E-state index contributed by atoms with van der Waals surface area (Å²) in [4.78, 5) is 20.6. The van der Waals surface area contributed by atoms with E-state index in [1.807, 2.05) is 19.1 Å². The van der Waals surface area contributed by atoms with Crippen LogP contribution in [0.15, 0.2) is 46.1 Å². The Morgan fingerprint density at radius 1 is 1.37 bits per heavy atom. The molecule has 9 heteroatoms. The van der Waals surface area contributed by atoms with Crippen LogP contribution < -0.4 is 0 Å². The van der Waals surface area contributed by atoms with Crippen molar-refractivity contribution in [1.82, 2.24) is 14.8 Å². The molecule has 0 aliphatic carbocycles. The highest BCUT2D eigenvalue weighted by atomic mass is 127. The van der Waals surface area contributed by atoms with Gasteiger partial charge in [0.1, 0.15) is 10.3 Å². The molecule has 0 fully saturated rings. The minimum atomic E-state index is -0.748. The minimum Gasteiger partial charge on any atom is -0.460 e. The number of aryl methyl sites for hydroxylation is 1. The largest absolute Gasteiger partial charge is 0.460 e. The summed E-state index contributed by atoms with van der Waals surface area (Å²) >= 11 is 11.9. The lowest BCUT2D eigenvalue weighted by Gasteiger charge is -2.24. The van der Waals surface area contributed by atoms with E-state index >= 15 is 0 Å². The summed E-state index contributed by atoms with van der Waals surface area (Å²) in [5.41, 5.74) is 2.98. The Balaban J connectivity index is 1.91. The van der Waals surface area contributed by atoms with Gasteiger partial charge in [0, 0.05) is 21.4 Å². The third-order valence-corrected chi connectivity index (χ3v) is 5.32. The Labute approximate surface area is 181 Å². The number of hydrogen-bond donors (Lipinski definition) is 0. The maximum atomic E-state index is 11.7. The van der Waals surface area contributed by atoms with E-state index in [1.165, 1.54) is 0 Å². The maximum Gasteiger partial charge on any atom is 0.241 e. The van der Waals surface area contributed by atoms with Crippen molar-refractivity contribution in [3.63, 3.8) is 0 Å². The highest BCUT2D eigenvalue weighted by Gasteiger charge is 2.29. The molecule has 4 rings (SSSR count). The third-order valence-electron chi connectivity index (χ3n) is 4.02. The molecule has 0 bridgehead atoms. The SMILES string of the molecule is Cc1cc(I)cc2c1N=C(c1cc(Br)nn1-c1ncccc1Cl)OC2C=O. The lowest BCUT2D eigenvalue weighted by Crippen LogP contribution is -2.21. The first-order valence-corrected chi connectivity index (χ1v) is 10.1. The van der Waals surface area contributed by atoms with Crippen molar-refractivity contribution in [3.8, 4) is 5.82 Å². The van der Waals surface area contributed by atoms with Gasteiger partial charge in [-0.25, -0.2) is 14.7 Å². The van der Waals surface area contributed by atoms with E-state index in [1.54, 1.807) is 29.1 Å². The minimum absolute atomic E-state index is 0.281. The number of rotatable bonds is 3. The molecule has 3 aromatic rings. The van der Waals surface area contributed by atoms with Crippen molar-refractivity contribution >= 4 is 68.0 Å². The second-order valence-corrected chi connectivity index (χ2v) is 8.29. The number of aldehydes is 1. The molecule has 1 aliphatic heterocycles. The number of carbonyl (C=O) groups is 1. The number of halogens is 3. The molecule has 0 radical (unpaired) electrons. The second kappa shape index (κ2) is 7.33. The Hall–Kier alpha value is -1.78. The van der Waals surface area contributed by atoms with E-state index in [-0.39, 0.29) is 5.90 Å². The predicted octanol–water partition coefficient (Wildman–Crippen LogP) is 4.94. The molecular weight excluding hydrogens is 546 g/mol. The summed E-state index contributed by atoms with van der Waals surface area (Å²) < 4.78 is 9.03. The summed E-state index contributed by atoms with van der Waals surface area (Å²) in [6.07, 6.45) is 1.65. The van der Waals surface area contributed by atoms with Crippen LogP contribution in [-0.2, 0) is 9.53 Å². The molecular formula is C18H11BrClIN4O2. The number of nitrogens with zero attached hydrogens (tertiary/aromatic N) is 4. The summed E-state index contributed by atoms with van der Waals surface area (Å²) in [7, 11) is 0. The predicted molar refractivity (Wildman–Crippen MR) is 114 cm³/mol. The highest BCUT2D eigenvalue weighted by Crippen LogP contribution is 2.37. The molecule has 0 N–H and O–H groups in total. The molecule has 3 heterocycles. The maximum absolute atomic E-state index is 11.7. The van der Waals surface area contributed by atoms with Crippen molar-refractivity contribution < 1.29 is 9.53 Å². The lowest BCUT2D eigenvalue weighted by atomic mass is 10.0. The molecule has 0 spiro atoms. The Kier molecular flexibility index (Phi) is 5.04. The summed E-state index contributed by atoms with van der Waals surface area (Å²) in [6.45, 7) is 1.96. The van der Waals surface area contributed by atoms with Gasteiger partial charge in [0.2, 0.25) is 5.90 Å². The lowest BCUT2D eigenvalue weighted by molar-refractivity contribution is -0.114. The van der Waals surface area contributed by atoms with Gasteiger partial charge in [-0.2, -0.15) is 5.10 Å². The fourth-order valence-electron chi connectivity index (χ4n) is 2.86. The first-order chi connectivity index (χ1) is 13.0. The van der Waals surface area contributed by atoms with Gasteiger partial charge in [-0.1, -0.05) is 11.6 Å². The zero-order valence-corrected chi connectivity index (χ0v) is 18.4. The second-order valence-electron chi connectivity index (χ2n) is 5.82. The van der Waals surface area contributed by atoms with Gasteiger partial charge in [0.15, 0.2) is 18.2 Å². The fourth-order valence-corrected chi connectivity index (χ4v) is 4.24. The number of fused-ring (bicyclic) bond motifs is 1. The zero-order valence-electron chi connectivity index (χ0n) is 13.9. The van der Waals surface area contributed by atoms with E-state index < -0.39 is 6.10 Å². The van der Waals surface area contributed by atoms with Crippen LogP contribution in [0.4, 0.5) is 5.69 Å². The van der Waals surface area contributed by atoms with Crippen molar-refractivity contribution in [3.05, 3.63) is 66.5 Å². The number of hydrogen-bond acceptors (Lipinski definition) is 5. The van der Waals surface area contributed by atoms with Gasteiger partial charge in [-0.3, -0.25) is 4.79 Å². The molecule has 1 unspecified atom stereocenters. The Morgan fingerprint density at radius 3 is 2.93 bits per heavy atom. The normalized spacial score (nSPS) is 15.7. The standard InChI is InChI=1S/C18H11BrClIN4O2/c1-9-5-10(21)6-11-14(8-26)27-18(23-16(9)11)13-7-15(19)24-25(13)17-12(20)3-2-4-22-17/h2-8,14H,1H3. The molecule has 2 aromatic heterocycles. The number of ether oxygens (including phenoxy) is 1. The average molecular weight is 558 g/mol. The van der Waals surface area contributed by atoms with Crippen LogP contribution in [0.25, 0.3) is 5.82 Å². The summed E-state index contributed by atoms with van der Waals surface area (Å²) in [6, 6.07) is 9.13. The molecule has 27 heavy (non-hydrogen) atoms. The van der Waals surface area contributed by atoms with Crippen molar-refractivity contribution in [2.45, 2.75) is 13.0 Å². The smallest absolute Gasteiger partial charge is 0.241 e. The van der Waals surface area contributed by atoms with Gasteiger partial charge < -0.3 is 4.74 Å². The molecule has 1 aliphatic rings. The van der Waals surface area contributed by atoms with Gasteiger partial charge in [0.25, 0.3) is 0 Å². The molecule has 1 aromatic carbocycles. The monoisotopic (exact) mass is 556 g/mol. The van der Waals surface area contributed by atoms with Crippen LogP contribution in [0.3, 0.4) is 0 Å². The molecule has 1 atom stereocenters. The first kappa shape index (κ1) is 18.6. The topological polar surface area (TPSA) is 69.4 Å². The van der Waals surface area contributed by atoms with Gasteiger partial charge in [0.05, 0.1) is 10.7 Å². The number of aliphatic imine (C=N–C) groups is 1. The molecule has 0 saturated heterocycles. The van der Waals surface area contributed by atoms with E-state index in [4.69, 9.17) is 16.3 Å². The Morgan fingerprint density at radius 2 is 2.19 bits per heavy atom. The van der Waals surface area contributed by atoms with Crippen LogP contribution in [0.2, 0.25) is 5.02 Å². The Bertz CT molecular complexity index is 1100. The molecule has 0 amide bonds. The van der Waals surface area contributed by atoms with E-state index in [0.717, 1.165) is 26.7 Å². The zero-order chi connectivity index (χ0) is 19.1. The van der Waals surface area contributed by atoms with E-state index in [2.05, 4.69) is 53.6 Å². The first-order valence-electron chi connectivity index (χ1n) is 7.85. The van der Waals surface area contributed by atoms with Crippen LogP contribution in [0.1, 0.15) is 22.9 Å². The van der Waals surface area contributed by atoms with Crippen molar-refractivity contribution in [2.24, 2.45) is 4.99 Å². The van der Waals surface area contributed by atoms with Gasteiger partial charge >= 0.3 is 0 Å². The number of carbonyl (C=O) groups excluding carboxylic acids is 1. The van der Waals surface area contributed by atoms with E-state index in [0.29, 0.717) is 21.1 Å². The molecule has 136 valence electrons. The average Bonchev–Trinajstić information content (AvgIpc) is 3.03.